The maximum absolute atomic E-state index is 12.3. The lowest BCUT2D eigenvalue weighted by molar-refractivity contribution is -0.147. The van der Waals surface area contributed by atoms with Crippen molar-refractivity contribution >= 4 is 39.9 Å². The Morgan fingerprint density at radius 3 is 2.05 bits per heavy atom. The van der Waals surface area contributed by atoms with Gasteiger partial charge in [-0.15, -0.1) is 0 Å². The van der Waals surface area contributed by atoms with Gasteiger partial charge in [-0.05, 0) is 65.3 Å². The van der Waals surface area contributed by atoms with Gasteiger partial charge >= 0.3 is 5.97 Å². The Morgan fingerprint density at radius 2 is 1.35 bits per heavy atom. The maximum atomic E-state index is 12.3. The summed E-state index contributed by atoms with van der Waals surface area (Å²) in [4.78, 5) is 36.6. The molecule has 4 rings (SSSR count). The monoisotopic (exact) mass is 538 g/mol. The predicted molar refractivity (Wildman–Crippen MR) is 158 cm³/mol. The molecule has 7 heteroatoms. The van der Waals surface area contributed by atoms with Crippen LogP contribution in [0.25, 0.3) is 10.8 Å². The van der Waals surface area contributed by atoms with E-state index in [1.165, 1.54) is 5.56 Å². The van der Waals surface area contributed by atoms with Crippen LogP contribution < -0.4 is 15.4 Å². The highest BCUT2D eigenvalue weighted by atomic mass is 16.5. The van der Waals surface area contributed by atoms with E-state index in [2.05, 4.69) is 43.5 Å². The number of esters is 1. The average Bonchev–Trinajstić information content (AvgIpc) is 2.93. The van der Waals surface area contributed by atoms with Gasteiger partial charge in [0.2, 0.25) is 5.91 Å². The van der Waals surface area contributed by atoms with Gasteiger partial charge in [-0.1, -0.05) is 69.3 Å². The predicted octanol–water partition coefficient (Wildman–Crippen LogP) is 7.22. The molecule has 40 heavy (non-hydrogen) atoms. The molecule has 0 aliphatic heterocycles. The zero-order valence-corrected chi connectivity index (χ0v) is 23.0. The molecule has 2 N–H and O–H groups in total. The highest BCUT2D eigenvalue weighted by Crippen LogP contribution is 2.28. The van der Waals surface area contributed by atoms with Gasteiger partial charge in [-0.2, -0.15) is 0 Å². The number of hydrogen-bond acceptors (Lipinski definition) is 5. The minimum atomic E-state index is -0.530. The van der Waals surface area contributed by atoms with Crippen LogP contribution in [0.4, 0.5) is 11.4 Å². The van der Waals surface area contributed by atoms with Crippen LogP contribution in [0.3, 0.4) is 0 Å². The fraction of sp³-hybridized carbons (Fsp3) is 0.242. The summed E-state index contributed by atoms with van der Waals surface area (Å²) in [5.74, 6) is 0.235. The van der Waals surface area contributed by atoms with Gasteiger partial charge < -0.3 is 20.1 Å². The van der Waals surface area contributed by atoms with Crippen molar-refractivity contribution in [1.29, 1.82) is 0 Å². The zero-order valence-electron chi connectivity index (χ0n) is 23.0. The van der Waals surface area contributed by atoms with E-state index in [0.29, 0.717) is 23.5 Å². The van der Waals surface area contributed by atoms with Crippen molar-refractivity contribution in [2.75, 3.05) is 17.2 Å². The van der Waals surface area contributed by atoms with Crippen molar-refractivity contribution in [3.8, 4) is 11.5 Å². The normalized spacial score (nSPS) is 11.1. The van der Waals surface area contributed by atoms with Crippen molar-refractivity contribution in [3.63, 3.8) is 0 Å². The Balaban J connectivity index is 1.15. The van der Waals surface area contributed by atoms with Gasteiger partial charge in [0.1, 0.15) is 11.5 Å². The average molecular weight is 539 g/mol. The largest absolute Gasteiger partial charge is 0.457 e. The fourth-order valence-corrected chi connectivity index (χ4v) is 4.12. The van der Waals surface area contributed by atoms with Crippen molar-refractivity contribution in [2.45, 2.75) is 45.4 Å². The Kier molecular flexibility index (Phi) is 9.17. The van der Waals surface area contributed by atoms with Gasteiger partial charge in [0, 0.05) is 29.6 Å². The summed E-state index contributed by atoms with van der Waals surface area (Å²) in [7, 11) is 0. The first-order valence-electron chi connectivity index (χ1n) is 13.3. The van der Waals surface area contributed by atoms with Crippen LogP contribution in [-0.2, 0) is 24.5 Å². The van der Waals surface area contributed by atoms with Gasteiger partial charge in [-0.3, -0.25) is 14.4 Å². The van der Waals surface area contributed by atoms with Crippen LogP contribution in [0.15, 0.2) is 91.0 Å². The van der Waals surface area contributed by atoms with E-state index in [4.69, 9.17) is 9.47 Å². The van der Waals surface area contributed by atoms with Crippen LogP contribution in [0, 0.1) is 0 Å². The highest BCUT2D eigenvalue weighted by molar-refractivity contribution is 6.02. The number of benzene rings is 4. The molecule has 4 aromatic carbocycles. The van der Waals surface area contributed by atoms with Crippen molar-refractivity contribution in [3.05, 3.63) is 96.6 Å². The molecular weight excluding hydrogens is 504 g/mol. The summed E-state index contributed by atoms with van der Waals surface area (Å²) in [6.45, 7) is 6.11. The first kappa shape index (κ1) is 28.4. The van der Waals surface area contributed by atoms with Gasteiger partial charge in [-0.25, -0.2) is 0 Å². The topological polar surface area (TPSA) is 93.7 Å². The van der Waals surface area contributed by atoms with Crippen LogP contribution >= 0.6 is 0 Å². The quantitative estimate of drug-likeness (QED) is 0.208. The Labute approximate surface area is 234 Å². The number of carbonyl (C=O) groups excluding carboxylic acids is 3. The summed E-state index contributed by atoms with van der Waals surface area (Å²) in [5.41, 5.74) is 2.60. The molecule has 0 aromatic heterocycles. The van der Waals surface area contributed by atoms with E-state index < -0.39 is 11.9 Å². The number of amides is 2. The van der Waals surface area contributed by atoms with Crippen LogP contribution in [0.1, 0.15) is 45.6 Å². The molecule has 0 unspecified atom stereocenters. The first-order valence-corrected chi connectivity index (χ1v) is 13.3. The lowest BCUT2D eigenvalue weighted by Crippen LogP contribution is -2.21. The lowest BCUT2D eigenvalue weighted by Gasteiger charge is -2.19. The van der Waals surface area contributed by atoms with E-state index in [1.807, 2.05) is 48.5 Å². The smallest absolute Gasteiger partial charge is 0.306 e. The SMILES string of the molecule is CC(C)(C)c1ccc(Oc2ccc(NC(=O)CCCC(=O)OCC(=O)Nc3cccc4ccccc34)cc2)cc1. The second kappa shape index (κ2) is 12.9. The highest BCUT2D eigenvalue weighted by Gasteiger charge is 2.14. The Hall–Kier alpha value is -4.65. The molecule has 206 valence electrons. The summed E-state index contributed by atoms with van der Waals surface area (Å²) in [6.07, 6.45) is 0.493. The van der Waals surface area contributed by atoms with Crippen LogP contribution in [0.2, 0.25) is 0 Å². The number of hydrogen-bond donors (Lipinski definition) is 2. The molecule has 0 spiro atoms. The molecule has 0 atom stereocenters. The van der Waals surface area contributed by atoms with E-state index in [1.54, 1.807) is 30.3 Å². The molecule has 4 aromatic rings. The molecule has 0 radical (unpaired) electrons. The number of anilines is 2. The number of ether oxygens (including phenoxy) is 2. The molecule has 2 amide bonds. The minimum absolute atomic E-state index is 0.0374. The van der Waals surface area contributed by atoms with Crippen LogP contribution in [0.5, 0.6) is 11.5 Å². The van der Waals surface area contributed by atoms with Crippen molar-refractivity contribution < 1.29 is 23.9 Å². The zero-order chi connectivity index (χ0) is 28.5. The van der Waals surface area contributed by atoms with Gasteiger partial charge in [0.25, 0.3) is 5.91 Å². The number of fused-ring (bicyclic) bond motifs is 1. The molecule has 0 saturated carbocycles. The number of rotatable bonds is 10. The van der Waals surface area contributed by atoms with E-state index in [9.17, 15) is 14.4 Å². The van der Waals surface area contributed by atoms with Gasteiger partial charge in [0.15, 0.2) is 6.61 Å². The third-order valence-corrected chi connectivity index (χ3v) is 6.31. The molecule has 0 saturated heterocycles. The molecule has 7 nitrogen and oxygen atoms in total. The molecule has 0 aliphatic rings. The standard InChI is InChI=1S/C33H34N2O5/c1-33(2,3)24-14-18-26(19-15-24)40-27-20-16-25(17-21-27)34-30(36)12-7-13-32(38)39-22-31(37)35-29-11-6-9-23-8-4-5-10-28(23)29/h4-6,8-11,14-21H,7,12-13,22H2,1-3H3,(H,34,36)(H,35,37). The van der Waals surface area contributed by atoms with Crippen LogP contribution in [-0.4, -0.2) is 24.4 Å². The summed E-state index contributed by atoms with van der Waals surface area (Å²) < 4.78 is 11.0. The Bertz CT molecular complexity index is 1470. The number of nitrogens with one attached hydrogen (secondary N) is 2. The molecule has 0 aliphatic carbocycles. The van der Waals surface area contributed by atoms with Crippen molar-refractivity contribution in [2.24, 2.45) is 0 Å². The van der Waals surface area contributed by atoms with E-state index >= 15 is 0 Å². The lowest BCUT2D eigenvalue weighted by atomic mass is 9.87. The second-order valence-electron chi connectivity index (χ2n) is 10.5. The third-order valence-electron chi connectivity index (χ3n) is 6.31. The first-order chi connectivity index (χ1) is 19.2. The second-order valence-corrected chi connectivity index (χ2v) is 10.5. The van der Waals surface area contributed by atoms with Crippen molar-refractivity contribution in [1.82, 2.24) is 0 Å². The minimum Gasteiger partial charge on any atom is -0.457 e. The summed E-state index contributed by atoms with van der Waals surface area (Å²) in [6, 6.07) is 28.4. The third kappa shape index (κ3) is 8.17. The molecule has 0 heterocycles. The molecule has 0 fully saturated rings. The Morgan fingerprint density at radius 1 is 0.700 bits per heavy atom. The molecule has 0 bridgehead atoms. The fourth-order valence-electron chi connectivity index (χ4n) is 4.12. The summed E-state index contributed by atoms with van der Waals surface area (Å²) >= 11 is 0. The van der Waals surface area contributed by atoms with E-state index in [-0.39, 0.29) is 30.8 Å². The maximum Gasteiger partial charge on any atom is 0.306 e. The van der Waals surface area contributed by atoms with Gasteiger partial charge in [0.05, 0.1) is 0 Å². The number of carbonyl (C=O) groups is 3. The molecular formula is C33H34N2O5. The van der Waals surface area contributed by atoms with E-state index in [0.717, 1.165) is 16.5 Å². The summed E-state index contributed by atoms with van der Waals surface area (Å²) in [5, 5.41) is 7.50.